The van der Waals surface area contributed by atoms with Crippen LogP contribution in [0, 0.1) is 11.8 Å². The number of amides is 2. The van der Waals surface area contributed by atoms with Gasteiger partial charge in [0.05, 0.1) is 34.2 Å². The van der Waals surface area contributed by atoms with Crippen LogP contribution in [0.5, 0.6) is 0 Å². The highest BCUT2D eigenvalue weighted by Gasteiger charge is 2.37. The van der Waals surface area contributed by atoms with Crippen molar-refractivity contribution < 1.29 is 14.3 Å². The van der Waals surface area contributed by atoms with E-state index >= 15 is 0 Å². The fraction of sp³-hybridized carbons (Fsp3) is 0.438. The van der Waals surface area contributed by atoms with Crippen LogP contribution < -0.4 is 0 Å². The summed E-state index contributed by atoms with van der Waals surface area (Å²) in [6.45, 7) is 4.11. The number of ether oxygens (including phenoxy) is 1. The van der Waals surface area contributed by atoms with Crippen LogP contribution in [0.4, 0.5) is 0 Å². The summed E-state index contributed by atoms with van der Waals surface area (Å²) in [5.41, 5.74) is 5.37. The first-order valence-electron chi connectivity index (χ1n) is 14.8. The third kappa shape index (κ3) is 4.87. The number of H-pyrrole nitrogens is 2. The molecule has 3 fully saturated rings. The van der Waals surface area contributed by atoms with Gasteiger partial charge < -0.3 is 24.5 Å². The molecule has 0 aliphatic carbocycles. The molecule has 3 saturated heterocycles. The van der Waals surface area contributed by atoms with Crippen molar-refractivity contribution in [2.45, 2.75) is 70.1 Å². The molecular weight excluding hydrogens is 516 g/mol. The van der Waals surface area contributed by atoms with Crippen molar-refractivity contribution in [3.8, 4) is 11.8 Å². The summed E-state index contributed by atoms with van der Waals surface area (Å²) >= 11 is 0. The zero-order valence-corrected chi connectivity index (χ0v) is 23.3. The highest BCUT2D eigenvalue weighted by Crippen LogP contribution is 2.34. The summed E-state index contributed by atoms with van der Waals surface area (Å²) in [6, 6.07) is 11.9. The van der Waals surface area contributed by atoms with Crippen LogP contribution in [0.25, 0.3) is 22.1 Å². The van der Waals surface area contributed by atoms with Gasteiger partial charge in [-0.25, -0.2) is 9.97 Å². The van der Waals surface area contributed by atoms with E-state index in [9.17, 15) is 9.59 Å². The van der Waals surface area contributed by atoms with Crippen molar-refractivity contribution in [3.05, 3.63) is 59.2 Å². The highest BCUT2D eigenvalue weighted by molar-refractivity contribution is 5.82. The average molecular weight is 551 g/mol. The molecule has 0 radical (unpaired) electrons. The SMILES string of the molecule is CCC(=O)N1CCC[C@H]1c1nc2ccc(C#Cc3ccc4nc(C5CCCN5C(=O)[C@@H]5CCCO5)[nH]c4c3)cc2[nH]1. The van der Waals surface area contributed by atoms with Crippen molar-refractivity contribution in [2.24, 2.45) is 0 Å². The van der Waals surface area contributed by atoms with Crippen molar-refractivity contribution in [3.63, 3.8) is 0 Å². The molecule has 0 spiro atoms. The number of hydrogen-bond donors (Lipinski definition) is 2. The summed E-state index contributed by atoms with van der Waals surface area (Å²) in [5.74, 6) is 8.52. The number of fused-ring (bicyclic) bond motifs is 2. The first-order chi connectivity index (χ1) is 20.1. The van der Waals surface area contributed by atoms with E-state index in [0.29, 0.717) is 13.0 Å². The second kappa shape index (κ2) is 10.7. The maximum atomic E-state index is 13.0. The number of imidazole rings is 2. The van der Waals surface area contributed by atoms with Gasteiger partial charge in [-0.1, -0.05) is 18.8 Å². The summed E-state index contributed by atoms with van der Waals surface area (Å²) in [4.78, 5) is 45.8. The second-order valence-corrected chi connectivity index (χ2v) is 11.2. The Bertz CT molecular complexity index is 1690. The Balaban J connectivity index is 1.10. The lowest BCUT2D eigenvalue weighted by molar-refractivity contribution is -0.142. The molecule has 2 aromatic carbocycles. The van der Waals surface area contributed by atoms with Gasteiger partial charge in [0.15, 0.2) is 0 Å². The lowest BCUT2D eigenvalue weighted by atomic mass is 10.1. The largest absolute Gasteiger partial charge is 0.368 e. The number of nitrogens with zero attached hydrogens (tertiary/aromatic N) is 4. The normalized spacial score (nSPS) is 22.5. The maximum Gasteiger partial charge on any atom is 0.252 e. The van der Waals surface area contributed by atoms with Crippen molar-refractivity contribution in [1.82, 2.24) is 29.7 Å². The molecule has 3 aliphatic rings. The van der Waals surface area contributed by atoms with Crippen molar-refractivity contribution in [1.29, 1.82) is 0 Å². The predicted octanol–water partition coefficient (Wildman–Crippen LogP) is 4.76. The molecule has 41 heavy (non-hydrogen) atoms. The smallest absolute Gasteiger partial charge is 0.252 e. The Morgan fingerprint density at radius 1 is 0.854 bits per heavy atom. The number of rotatable bonds is 4. The van der Waals surface area contributed by atoms with Crippen LogP contribution in [-0.2, 0) is 14.3 Å². The van der Waals surface area contributed by atoms with E-state index in [1.54, 1.807) is 0 Å². The number of hydrogen-bond acceptors (Lipinski definition) is 5. The zero-order valence-electron chi connectivity index (χ0n) is 23.3. The summed E-state index contributed by atoms with van der Waals surface area (Å²) in [6.07, 6.45) is 5.75. The standard InChI is InChI=1S/C32H34N6O3/c1-2-29(39)37-15-3-6-26(37)30-33-22-13-11-20(18-24(22)35-30)9-10-21-12-14-23-25(19-21)36-31(34-23)27-7-4-16-38(27)32(40)28-8-5-17-41-28/h11-14,18-19,26-28H,2-8,15-17H2,1H3,(H,33,35)(H,34,36)/t26-,27?,28-/m0/s1. The molecule has 7 rings (SSSR count). The number of carbonyl (C=O) groups excluding carboxylic acids is 2. The monoisotopic (exact) mass is 550 g/mol. The third-order valence-electron chi connectivity index (χ3n) is 8.60. The van der Waals surface area contributed by atoms with Crippen LogP contribution >= 0.6 is 0 Å². The topological polar surface area (TPSA) is 107 Å². The number of benzene rings is 2. The second-order valence-electron chi connectivity index (χ2n) is 11.2. The summed E-state index contributed by atoms with van der Waals surface area (Å²) in [5, 5.41) is 0. The Morgan fingerprint density at radius 2 is 1.44 bits per heavy atom. The fourth-order valence-electron chi connectivity index (χ4n) is 6.50. The van der Waals surface area contributed by atoms with E-state index in [2.05, 4.69) is 21.8 Å². The molecule has 5 heterocycles. The van der Waals surface area contributed by atoms with Crippen LogP contribution in [0.1, 0.15) is 86.7 Å². The van der Waals surface area contributed by atoms with Crippen LogP contribution in [0.3, 0.4) is 0 Å². The first-order valence-corrected chi connectivity index (χ1v) is 14.8. The van der Waals surface area contributed by atoms with Gasteiger partial charge in [0.25, 0.3) is 5.91 Å². The number of carbonyl (C=O) groups is 2. The van der Waals surface area contributed by atoms with Crippen LogP contribution in [-0.4, -0.2) is 67.4 Å². The summed E-state index contributed by atoms with van der Waals surface area (Å²) < 4.78 is 5.66. The van der Waals surface area contributed by atoms with Gasteiger partial charge in [-0.05, 0) is 74.9 Å². The molecule has 210 valence electrons. The molecule has 2 N–H and O–H groups in total. The lowest BCUT2D eigenvalue weighted by Gasteiger charge is -2.25. The third-order valence-corrected chi connectivity index (χ3v) is 8.60. The van der Waals surface area contributed by atoms with Crippen LogP contribution in [0.15, 0.2) is 36.4 Å². The summed E-state index contributed by atoms with van der Waals surface area (Å²) in [7, 11) is 0. The molecule has 3 aliphatic heterocycles. The molecule has 0 saturated carbocycles. The minimum atomic E-state index is -0.308. The van der Waals surface area contributed by atoms with Crippen molar-refractivity contribution >= 4 is 33.9 Å². The van der Waals surface area contributed by atoms with E-state index in [4.69, 9.17) is 14.7 Å². The number of aromatic amines is 2. The fourth-order valence-corrected chi connectivity index (χ4v) is 6.50. The van der Waals surface area contributed by atoms with Gasteiger partial charge in [-0.3, -0.25) is 9.59 Å². The average Bonchev–Trinajstić information content (AvgIpc) is 3.83. The molecular formula is C32H34N6O3. The van der Waals surface area contributed by atoms with Crippen LogP contribution in [0.2, 0.25) is 0 Å². The Morgan fingerprint density at radius 3 is 2.00 bits per heavy atom. The van der Waals surface area contributed by atoms with E-state index < -0.39 is 0 Å². The first kappa shape index (κ1) is 25.8. The van der Waals surface area contributed by atoms with Gasteiger partial charge in [0, 0.05) is 37.2 Å². The molecule has 4 aromatic rings. The maximum absolute atomic E-state index is 13.0. The zero-order chi connectivity index (χ0) is 27.9. The molecule has 9 heteroatoms. The molecule has 2 aromatic heterocycles. The van der Waals surface area contributed by atoms with Gasteiger partial charge in [-0.2, -0.15) is 0 Å². The highest BCUT2D eigenvalue weighted by atomic mass is 16.5. The minimum Gasteiger partial charge on any atom is -0.368 e. The number of nitrogens with one attached hydrogen (secondary N) is 2. The quantitative estimate of drug-likeness (QED) is 0.357. The minimum absolute atomic E-state index is 0.0147. The molecule has 0 bridgehead atoms. The molecule has 3 atom stereocenters. The number of likely N-dealkylation sites (tertiary alicyclic amines) is 2. The molecule has 1 unspecified atom stereocenters. The molecule has 2 amide bonds. The number of aromatic nitrogens is 4. The molecule has 9 nitrogen and oxygen atoms in total. The Labute approximate surface area is 238 Å². The van der Waals surface area contributed by atoms with Crippen molar-refractivity contribution in [2.75, 3.05) is 19.7 Å². The van der Waals surface area contributed by atoms with Gasteiger partial charge in [0.2, 0.25) is 5.91 Å². The van der Waals surface area contributed by atoms with Gasteiger partial charge >= 0.3 is 0 Å². The lowest BCUT2D eigenvalue weighted by Crippen LogP contribution is -2.38. The van der Waals surface area contributed by atoms with E-state index in [-0.39, 0.29) is 30.0 Å². The Hall–Kier alpha value is -4.16. The van der Waals surface area contributed by atoms with E-state index in [1.165, 1.54) is 0 Å². The Kier molecular flexibility index (Phi) is 6.71. The van der Waals surface area contributed by atoms with E-state index in [1.807, 2.05) is 53.1 Å². The predicted molar refractivity (Wildman–Crippen MR) is 155 cm³/mol. The van der Waals surface area contributed by atoms with E-state index in [0.717, 1.165) is 96.5 Å². The van der Waals surface area contributed by atoms with Gasteiger partial charge in [0.1, 0.15) is 17.8 Å². The van der Waals surface area contributed by atoms with Gasteiger partial charge in [-0.15, -0.1) is 0 Å².